The van der Waals surface area contributed by atoms with E-state index in [0.29, 0.717) is 0 Å². The highest BCUT2D eigenvalue weighted by atomic mass is 28.3. The van der Waals surface area contributed by atoms with E-state index < -0.39 is 8.07 Å². The van der Waals surface area contributed by atoms with Gasteiger partial charge in [0.2, 0.25) is 0 Å². The summed E-state index contributed by atoms with van der Waals surface area (Å²) in [6, 6.07) is 7.02. The van der Waals surface area contributed by atoms with Gasteiger partial charge in [0.25, 0.3) is 0 Å². The lowest BCUT2D eigenvalue weighted by molar-refractivity contribution is 0.0205. The van der Waals surface area contributed by atoms with E-state index in [9.17, 15) is 0 Å². The largest absolute Gasteiger partial charge is 0.493 e. The number of benzene rings is 1. The molecule has 0 amide bonds. The Morgan fingerprint density at radius 2 is 1.83 bits per heavy atom. The number of methoxy groups -OCH3 is 1. The van der Waals surface area contributed by atoms with Crippen molar-refractivity contribution in [3.63, 3.8) is 0 Å². The second-order valence-corrected chi connectivity index (χ2v) is 11.3. The van der Waals surface area contributed by atoms with E-state index in [-0.39, 0.29) is 6.79 Å². The van der Waals surface area contributed by atoms with Crippen LogP contribution in [0.3, 0.4) is 0 Å². The first-order valence-electron chi connectivity index (χ1n) is 6.27. The molecule has 18 heavy (non-hydrogen) atoms. The van der Waals surface area contributed by atoms with Crippen molar-refractivity contribution in [2.45, 2.75) is 32.6 Å². The van der Waals surface area contributed by atoms with Crippen molar-refractivity contribution in [2.75, 3.05) is 20.5 Å². The van der Waals surface area contributed by atoms with E-state index in [1.807, 2.05) is 25.1 Å². The van der Waals surface area contributed by atoms with Crippen LogP contribution in [0.5, 0.6) is 11.5 Å². The molecule has 1 aromatic rings. The van der Waals surface area contributed by atoms with Crippen molar-refractivity contribution >= 4 is 8.07 Å². The molecule has 0 aliphatic carbocycles. The summed E-state index contributed by atoms with van der Waals surface area (Å²) in [6.45, 7) is 10.1. The van der Waals surface area contributed by atoms with Crippen molar-refractivity contribution in [3.05, 3.63) is 23.8 Å². The van der Waals surface area contributed by atoms with E-state index in [1.165, 1.54) is 0 Å². The molecule has 1 aromatic carbocycles. The van der Waals surface area contributed by atoms with E-state index >= 15 is 0 Å². The molecular formula is C14H24O3Si. The van der Waals surface area contributed by atoms with Crippen molar-refractivity contribution < 1.29 is 14.2 Å². The Kier molecular flexibility index (Phi) is 5.69. The number of hydrogen-bond donors (Lipinski definition) is 0. The summed E-state index contributed by atoms with van der Waals surface area (Å²) >= 11 is 0. The summed E-state index contributed by atoms with van der Waals surface area (Å²) < 4.78 is 16.3. The van der Waals surface area contributed by atoms with Gasteiger partial charge in [0.15, 0.2) is 18.3 Å². The fourth-order valence-corrected chi connectivity index (χ4v) is 2.20. The quantitative estimate of drug-likeness (QED) is 0.429. The summed E-state index contributed by atoms with van der Waals surface area (Å²) in [5, 5.41) is 0. The van der Waals surface area contributed by atoms with E-state index in [2.05, 4.69) is 19.6 Å². The molecular weight excluding hydrogens is 244 g/mol. The van der Waals surface area contributed by atoms with Gasteiger partial charge in [-0.3, -0.25) is 0 Å². The molecule has 4 heteroatoms. The van der Waals surface area contributed by atoms with Crippen LogP contribution >= 0.6 is 0 Å². The molecule has 0 bridgehead atoms. The number of ether oxygens (including phenoxy) is 3. The Morgan fingerprint density at radius 1 is 1.11 bits per heavy atom. The average Bonchev–Trinajstić information content (AvgIpc) is 2.27. The Balaban J connectivity index is 2.37. The minimum absolute atomic E-state index is 0.282. The third-order valence-corrected chi connectivity index (χ3v) is 4.32. The lowest BCUT2D eigenvalue weighted by Gasteiger charge is -2.16. The van der Waals surface area contributed by atoms with Gasteiger partial charge in [0, 0.05) is 14.7 Å². The third-order valence-electron chi connectivity index (χ3n) is 2.61. The maximum Gasteiger partial charge on any atom is 0.189 e. The van der Waals surface area contributed by atoms with Gasteiger partial charge < -0.3 is 14.2 Å². The van der Waals surface area contributed by atoms with E-state index in [1.54, 1.807) is 7.11 Å². The second kappa shape index (κ2) is 6.80. The Bertz CT molecular complexity index is 372. The minimum atomic E-state index is -1.02. The second-order valence-electron chi connectivity index (χ2n) is 5.64. The average molecular weight is 268 g/mol. The van der Waals surface area contributed by atoms with Gasteiger partial charge >= 0.3 is 0 Å². The standard InChI is InChI=1S/C14H24O3Si/c1-12-6-7-13(15-2)14(10-12)17-11-16-8-9-18(3,4)5/h6-7,10H,8-9,11H2,1-5H3. The predicted molar refractivity (Wildman–Crippen MR) is 77.3 cm³/mol. The van der Waals surface area contributed by atoms with E-state index in [0.717, 1.165) is 29.7 Å². The number of rotatable bonds is 7. The highest BCUT2D eigenvalue weighted by Gasteiger charge is 2.12. The summed E-state index contributed by atoms with van der Waals surface area (Å²) in [5.41, 5.74) is 1.15. The number of aryl methyl sites for hydroxylation is 1. The van der Waals surface area contributed by atoms with Crippen molar-refractivity contribution in [1.82, 2.24) is 0 Å². The molecule has 3 nitrogen and oxygen atoms in total. The third kappa shape index (κ3) is 5.56. The van der Waals surface area contributed by atoms with Gasteiger partial charge in [0.1, 0.15) is 0 Å². The zero-order valence-corrected chi connectivity index (χ0v) is 13.1. The van der Waals surface area contributed by atoms with Gasteiger partial charge in [-0.15, -0.1) is 0 Å². The van der Waals surface area contributed by atoms with Crippen molar-refractivity contribution in [3.8, 4) is 11.5 Å². The van der Waals surface area contributed by atoms with E-state index in [4.69, 9.17) is 14.2 Å². The SMILES string of the molecule is COc1ccc(C)cc1OCOCC[Si](C)(C)C. The van der Waals surface area contributed by atoms with Crippen LogP contribution < -0.4 is 9.47 Å². The van der Waals surface area contributed by atoms with Crippen LogP contribution in [-0.4, -0.2) is 28.6 Å². The fourth-order valence-electron chi connectivity index (χ4n) is 1.44. The molecule has 0 atom stereocenters. The molecule has 1 rings (SSSR count). The molecule has 0 saturated carbocycles. The van der Waals surface area contributed by atoms with Crippen molar-refractivity contribution in [2.24, 2.45) is 0 Å². The van der Waals surface area contributed by atoms with Crippen LogP contribution in [0.4, 0.5) is 0 Å². The van der Waals surface area contributed by atoms with Crippen LogP contribution in [-0.2, 0) is 4.74 Å². The molecule has 0 fully saturated rings. The molecule has 0 aliphatic heterocycles. The first-order valence-corrected chi connectivity index (χ1v) is 9.98. The molecule has 0 aromatic heterocycles. The molecule has 0 radical (unpaired) electrons. The summed E-state index contributed by atoms with van der Waals surface area (Å²) in [4.78, 5) is 0. The molecule has 0 spiro atoms. The topological polar surface area (TPSA) is 27.7 Å². The zero-order valence-electron chi connectivity index (χ0n) is 12.1. The van der Waals surface area contributed by atoms with Crippen LogP contribution in [0.15, 0.2) is 18.2 Å². The summed E-state index contributed by atoms with van der Waals surface area (Å²) in [7, 11) is 0.624. The smallest absolute Gasteiger partial charge is 0.189 e. The molecule has 0 saturated heterocycles. The van der Waals surface area contributed by atoms with Gasteiger partial charge in [0.05, 0.1) is 7.11 Å². The highest BCUT2D eigenvalue weighted by molar-refractivity contribution is 6.76. The normalized spacial score (nSPS) is 11.4. The lowest BCUT2D eigenvalue weighted by Crippen LogP contribution is -2.22. The molecule has 0 aliphatic rings. The summed E-state index contributed by atoms with van der Waals surface area (Å²) in [5.74, 6) is 1.49. The zero-order chi connectivity index (χ0) is 13.6. The van der Waals surface area contributed by atoms with Gasteiger partial charge in [-0.2, -0.15) is 0 Å². The van der Waals surface area contributed by atoms with Gasteiger partial charge in [-0.25, -0.2) is 0 Å². The Hall–Kier alpha value is -1.00. The maximum absolute atomic E-state index is 5.59. The Morgan fingerprint density at radius 3 is 2.44 bits per heavy atom. The first-order chi connectivity index (χ1) is 8.42. The molecule has 102 valence electrons. The monoisotopic (exact) mass is 268 g/mol. The molecule has 0 unspecified atom stereocenters. The van der Waals surface area contributed by atoms with Gasteiger partial charge in [-0.05, 0) is 30.7 Å². The van der Waals surface area contributed by atoms with Crippen LogP contribution in [0.25, 0.3) is 0 Å². The number of hydrogen-bond acceptors (Lipinski definition) is 3. The molecule has 0 heterocycles. The van der Waals surface area contributed by atoms with Crippen LogP contribution in [0, 0.1) is 6.92 Å². The highest BCUT2D eigenvalue weighted by Crippen LogP contribution is 2.27. The van der Waals surface area contributed by atoms with Crippen molar-refractivity contribution in [1.29, 1.82) is 0 Å². The van der Waals surface area contributed by atoms with Gasteiger partial charge in [-0.1, -0.05) is 25.7 Å². The lowest BCUT2D eigenvalue weighted by atomic mass is 10.2. The Labute approximate surface area is 111 Å². The fraction of sp³-hybridized carbons (Fsp3) is 0.571. The predicted octanol–water partition coefficient (Wildman–Crippen LogP) is 3.69. The minimum Gasteiger partial charge on any atom is -0.493 e. The molecule has 0 N–H and O–H groups in total. The first kappa shape index (κ1) is 15.1. The summed E-state index contributed by atoms with van der Waals surface area (Å²) in [6.07, 6.45) is 0. The van der Waals surface area contributed by atoms with Crippen LogP contribution in [0.2, 0.25) is 25.7 Å². The maximum atomic E-state index is 5.59. The van der Waals surface area contributed by atoms with Crippen LogP contribution in [0.1, 0.15) is 5.56 Å².